The Morgan fingerprint density at radius 3 is 1.73 bits per heavy atom. The van der Waals surface area contributed by atoms with Crippen molar-refractivity contribution in [1.29, 1.82) is 0 Å². The summed E-state index contributed by atoms with van der Waals surface area (Å²) in [7, 11) is 0. The average molecular weight is 306 g/mol. The summed E-state index contributed by atoms with van der Waals surface area (Å²) in [4.78, 5) is 23.5. The van der Waals surface area contributed by atoms with E-state index in [1.165, 1.54) is 19.3 Å². The third-order valence-electron chi connectivity index (χ3n) is 3.27. The minimum atomic E-state index is -0.363. The summed E-state index contributed by atoms with van der Waals surface area (Å²) in [5, 5.41) is 0. The van der Waals surface area contributed by atoms with E-state index in [4.69, 9.17) is 9.47 Å². The van der Waals surface area contributed by atoms with Crippen LogP contribution in [0.2, 0.25) is 0 Å². The predicted molar refractivity (Wildman–Crippen MR) is 86.1 cm³/mol. The van der Waals surface area contributed by atoms with Gasteiger partial charge >= 0.3 is 11.9 Å². The van der Waals surface area contributed by atoms with E-state index in [1.54, 1.807) is 24.3 Å². The normalized spacial score (nSPS) is 10.3. The Kier molecular flexibility index (Phi) is 8.96. The van der Waals surface area contributed by atoms with E-state index in [2.05, 4.69) is 6.92 Å². The molecule has 0 saturated carbocycles. The molecule has 0 aliphatic rings. The fourth-order valence-corrected chi connectivity index (χ4v) is 1.97. The van der Waals surface area contributed by atoms with Crippen LogP contribution in [0.15, 0.2) is 24.3 Å². The maximum absolute atomic E-state index is 11.8. The molecule has 0 bridgehead atoms. The van der Waals surface area contributed by atoms with Crippen molar-refractivity contribution in [3.05, 3.63) is 35.4 Å². The van der Waals surface area contributed by atoms with Gasteiger partial charge in [0.05, 0.1) is 24.3 Å². The number of unbranched alkanes of at least 4 members (excludes halogenated alkanes) is 4. The Balaban J connectivity index is 2.35. The molecule has 4 heteroatoms. The van der Waals surface area contributed by atoms with Crippen molar-refractivity contribution in [2.24, 2.45) is 0 Å². The Hall–Kier alpha value is -1.84. The van der Waals surface area contributed by atoms with E-state index in [9.17, 15) is 9.59 Å². The molecule has 0 saturated heterocycles. The first kappa shape index (κ1) is 18.2. The summed E-state index contributed by atoms with van der Waals surface area (Å²) >= 11 is 0. The SMILES string of the molecule is CCCCCCCOC(=O)c1ccc(C(=O)OCCC)cc1. The van der Waals surface area contributed by atoms with Gasteiger partial charge in [-0.05, 0) is 37.1 Å². The standard InChI is InChI=1S/C18H26O4/c1-3-5-6-7-8-14-22-18(20)16-11-9-15(10-12-16)17(19)21-13-4-2/h9-12H,3-8,13-14H2,1-2H3. The highest BCUT2D eigenvalue weighted by Gasteiger charge is 2.10. The molecule has 0 amide bonds. The molecule has 22 heavy (non-hydrogen) atoms. The number of carbonyl (C=O) groups excluding carboxylic acids is 2. The number of rotatable bonds is 10. The van der Waals surface area contributed by atoms with Crippen LogP contribution in [-0.4, -0.2) is 25.2 Å². The fourth-order valence-electron chi connectivity index (χ4n) is 1.97. The van der Waals surface area contributed by atoms with E-state index < -0.39 is 0 Å². The van der Waals surface area contributed by atoms with E-state index in [0.717, 1.165) is 19.3 Å². The lowest BCUT2D eigenvalue weighted by atomic mass is 10.1. The van der Waals surface area contributed by atoms with Crippen molar-refractivity contribution in [2.75, 3.05) is 13.2 Å². The molecule has 0 aliphatic carbocycles. The lowest BCUT2D eigenvalue weighted by molar-refractivity contribution is 0.0486. The van der Waals surface area contributed by atoms with Crippen LogP contribution in [0.4, 0.5) is 0 Å². The Morgan fingerprint density at radius 2 is 1.23 bits per heavy atom. The zero-order valence-electron chi connectivity index (χ0n) is 13.6. The molecular formula is C18H26O4. The van der Waals surface area contributed by atoms with Crippen LogP contribution in [0.25, 0.3) is 0 Å². The van der Waals surface area contributed by atoms with Gasteiger partial charge < -0.3 is 9.47 Å². The van der Waals surface area contributed by atoms with Gasteiger partial charge in [0, 0.05) is 0 Å². The smallest absolute Gasteiger partial charge is 0.338 e. The van der Waals surface area contributed by atoms with Gasteiger partial charge in [-0.15, -0.1) is 0 Å². The summed E-state index contributed by atoms with van der Waals surface area (Å²) in [6, 6.07) is 6.38. The average Bonchev–Trinajstić information content (AvgIpc) is 2.55. The number of carbonyl (C=O) groups is 2. The quantitative estimate of drug-likeness (QED) is 0.475. The van der Waals surface area contributed by atoms with Crippen LogP contribution < -0.4 is 0 Å². The van der Waals surface area contributed by atoms with Crippen LogP contribution in [0.1, 0.15) is 73.1 Å². The lowest BCUT2D eigenvalue weighted by Crippen LogP contribution is -2.09. The predicted octanol–water partition coefficient (Wildman–Crippen LogP) is 4.38. The van der Waals surface area contributed by atoms with Gasteiger partial charge in [-0.25, -0.2) is 9.59 Å². The maximum atomic E-state index is 11.8. The molecule has 0 N–H and O–H groups in total. The largest absolute Gasteiger partial charge is 0.462 e. The molecule has 1 rings (SSSR count). The van der Waals surface area contributed by atoms with Crippen LogP contribution >= 0.6 is 0 Å². The number of hydrogen-bond donors (Lipinski definition) is 0. The van der Waals surface area contributed by atoms with Crippen LogP contribution in [0, 0.1) is 0 Å². The van der Waals surface area contributed by atoms with Crippen molar-refractivity contribution in [2.45, 2.75) is 52.4 Å². The Labute approximate surface area is 132 Å². The fraction of sp³-hybridized carbons (Fsp3) is 0.556. The van der Waals surface area contributed by atoms with Gasteiger partial charge in [-0.1, -0.05) is 39.5 Å². The highest BCUT2D eigenvalue weighted by molar-refractivity contribution is 5.93. The summed E-state index contributed by atoms with van der Waals surface area (Å²) in [6.07, 6.45) is 6.38. The third kappa shape index (κ3) is 6.74. The molecule has 0 unspecified atom stereocenters. The first-order valence-electron chi connectivity index (χ1n) is 8.13. The van der Waals surface area contributed by atoms with E-state index in [1.807, 2.05) is 6.92 Å². The van der Waals surface area contributed by atoms with Gasteiger partial charge in [0.25, 0.3) is 0 Å². The highest BCUT2D eigenvalue weighted by Crippen LogP contribution is 2.09. The molecule has 0 spiro atoms. The number of esters is 2. The van der Waals surface area contributed by atoms with Gasteiger partial charge in [0.15, 0.2) is 0 Å². The summed E-state index contributed by atoms with van der Waals surface area (Å²) < 4.78 is 10.3. The second kappa shape index (κ2) is 10.8. The first-order valence-corrected chi connectivity index (χ1v) is 8.13. The van der Waals surface area contributed by atoms with E-state index >= 15 is 0 Å². The topological polar surface area (TPSA) is 52.6 Å². The second-order valence-corrected chi connectivity index (χ2v) is 5.26. The number of hydrogen-bond acceptors (Lipinski definition) is 4. The van der Waals surface area contributed by atoms with Crippen molar-refractivity contribution < 1.29 is 19.1 Å². The molecule has 0 aliphatic heterocycles. The highest BCUT2D eigenvalue weighted by atomic mass is 16.5. The summed E-state index contributed by atoms with van der Waals surface area (Å²) in [5.41, 5.74) is 0.908. The van der Waals surface area contributed by atoms with Crippen LogP contribution in [0.3, 0.4) is 0 Å². The van der Waals surface area contributed by atoms with Crippen molar-refractivity contribution in [3.8, 4) is 0 Å². The summed E-state index contributed by atoms with van der Waals surface area (Å²) in [6.45, 7) is 4.96. The maximum Gasteiger partial charge on any atom is 0.338 e. The molecule has 0 atom stereocenters. The molecule has 122 valence electrons. The molecule has 1 aromatic rings. The zero-order chi connectivity index (χ0) is 16.2. The van der Waals surface area contributed by atoms with Crippen LogP contribution in [-0.2, 0) is 9.47 Å². The van der Waals surface area contributed by atoms with Crippen molar-refractivity contribution in [1.82, 2.24) is 0 Å². The van der Waals surface area contributed by atoms with Gasteiger partial charge in [0.1, 0.15) is 0 Å². The summed E-state index contributed by atoms with van der Waals surface area (Å²) in [5.74, 6) is -0.707. The van der Waals surface area contributed by atoms with Gasteiger partial charge in [0.2, 0.25) is 0 Å². The molecule has 0 fully saturated rings. The lowest BCUT2D eigenvalue weighted by Gasteiger charge is -2.06. The first-order chi connectivity index (χ1) is 10.7. The van der Waals surface area contributed by atoms with Gasteiger partial charge in [-0.2, -0.15) is 0 Å². The molecule has 4 nitrogen and oxygen atoms in total. The van der Waals surface area contributed by atoms with Crippen molar-refractivity contribution >= 4 is 11.9 Å². The van der Waals surface area contributed by atoms with E-state index in [0.29, 0.717) is 24.3 Å². The molecule has 0 heterocycles. The Bertz CT molecular complexity index is 451. The second-order valence-electron chi connectivity index (χ2n) is 5.26. The molecule has 0 radical (unpaired) electrons. The Morgan fingerprint density at radius 1 is 0.727 bits per heavy atom. The number of benzene rings is 1. The van der Waals surface area contributed by atoms with Crippen molar-refractivity contribution in [3.63, 3.8) is 0 Å². The third-order valence-corrected chi connectivity index (χ3v) is 3.27. The monoisotopic (exact) mass is 306 g/mol. The molecule has 0 aromatic heterocycles. The zero-order valence-corrected chi connectivity index (χ0v) is 13.6. The minimum absolute atomic E-state index is 0.344. The molecule has 1 aromatic carbocycles. The minimum Gasteiger partial charge on any atom is -0.462 e. The van der Waals surface area contributed by atoms with E-state index in [-0.39, 0.29) is 11.9 Å². The molecular weight excluding hydrogens is 280 g/mol. The number of ether oxygens (including phenoxy) is 2. The van der Waals surface area contributed by atoms with Crippen LogP contribution in [0.5, 0.6) is 0 Å². The van der Waals surface area contributed by atoms with Gasteiger partial charge in [-0.3, -0.25) is 0 Å².